The minimum Gasteiger partial charge on any atom is -0.508 e. The van der Waals surface area contributed by atoms with Crippen molar-refractivity contribution in [3.8, 4) is 5.75 Å². The maximum Gasteiger partial charge on any atom is 0.273 e. The Morgan fingerprint density at radius 1 is 1.32 bits per heavy atom. The Morgan fingerprint density at radius 2 is 2.05 bits per heavy atom. The van der Waals surface area contributed by atoms with Crippen LogP contribution in [0.5, 0.6) is 5.75 Å². The van der Waals surface area contributed by atoms with E-state index < -0.39 is 0 Å². The van der Waals surface area contributed by atoms with Crippen molar-refractivity contribution in [2.75, 3.05) is 7.05 Å². The predicted molar refractivity (Wildman–Crippen MR) is 75.8 cm³/mol. The van der Waals surface area contributed by atoms with Crippen LogP contribution in [-0.2, 0) is 6.54 Å². The molecule has 2 rings (SSSR count). The molecule has 4 nitrogen and oxygen atoms in total. The number of para-hydroxylation sites is 1. The lowest BCUT2D eigenvalue weighted by molar-refractivity contribution is 0.0777. The molecule has 1 heterocycles. The van der Waals surface area contributed by atoms with Gasteiger partial charge in [-0.3, -0.25) is 4.79 Å². The molecule has 1 amide bonds. The van der Waals surface area contributed by atoms with Gasteiger partial charge >= 0.3 is 0 Å². The fourth-order valence-corrected chi connectivity index (χ4v) is 2.12. The zero-order valence-corrected chi connectivity index (χ0v) is 12.0. The van der Waals surface area contributed by atoms with Gasteiger partial charge in [0.15, 0.2) is 0 Å². The first-order valence-corrected chi connectivity index (χ1v) is 6.51. The van der Waals surface area contributed by atoms with Crippen LogP contribution in [0.1, 0.15) is 16.1 Å². The summed E-state index contributed by atoms with van der Waals surface area (Å²) in [6.07, 6.45) is 1.58. The summed E-state index contributed by atoms with van der Waals surface area (Å²) in [5.74, 6) is -0.0158. The van der Waals surface area contributed by atoms with Crippen molar-refractivity contribution < 1.29 is 9.90 Å². The summed E-state index contributed by atoms with van der Waals surface area (Å²) < 4.78 is 0.657. The van der Waals surface area contributed by atoms with Crippen LogP contribution in [0, 0.1) is 0 Å². The van der Waals surface area contributed by atoms with Gasteiger partial charge in [0.05, 0.1) is 0 Å². The fourth-order valence-electron chi connectivity index (χ4n) is 1.70. The molecule has 0 aliphatic heterocycles. The summed E-state index contributed by atoms with van der Waals surface area (Å²) in [4.78, 5) is 17.8. The number of phenolic OH excluding ortho intramolecular Hbond substituents is 1. The molecule has 0 aliphatic carbocycles. The number of rotatable bonds is 3. The van der Waals surface area contributed by atoms with E-state index in [1.807, 2.05) is 6.07 Å². The van der Waals surface area contributed by atoms with Gasteiger partial charge in [-0.05, 0) is 34.1 Å². The molecule has 5 heteroatoms. The second-order valence-corrected chi connectivity index (χ2v) is 4.98. The Kier molecular flexibility index (Phi) is 4.16. The van der Waals surface area contributed by atoms with E-state index in [0.717, 1.165) is 0 Å². The van der Waals surface area contributed by atoms with E-state index in [1.165, 1.54) is 4.90 Å². The van der Waals surface area contributed by atoms with E-state index in [1.54, 1.807) is 43.6 Å². The lowest BCUT2D eigenvalue weighted by Crippen LogP contribution is -2.27. The highest BCUT2D eigenvalue weighted by Gasteiger charge is 2.17. The Labute approximate surface area is 119 Å². The summed E-state index contributed by atoms with van der Waals surface area (Å²) in [7, 11) is 1.68. The molecule has 0 bridgehead atoms. The molecular formula is C14H13BrN2O2. The van der Waals surface area contributed by atoms with E-state index in [4.69, 9.17) is 0 Å². The number of phenols is 1. The van der Waals surface area contributed by atoms with E-state index in [-0.39, 0.29) is 11.7 Å². The number of carbonyl (C=O) groups is 1. The van der Waals surface area contributed by atoms with Crippen molar-refractivity contribution in [3.05, 3.63) is 58.3 Å². The third-order valence-electron chi connectivity index (χ3n) is 2.71. The van der Waals surface area contributed by atoms with Crippen LogP contribution in [0.2, 0.25) is 0 Å². The minimum atomic E-state index is -0.198. The molecule has 0 saturated carbocycles. The lowest BCUT2D eigenvalue weighted by Gasteiger charge is -2.18. The van der Waals surface area contributed by atoms with E-state index in [2.05, 4.69) is 20.9 Å². The van der Waals surface area contributed by atoms with E-state index in [9.17, 15) is 9.90 Å². The largest absolute Gasteiger partial charge is 0.508 e. The highest BCUT2D eigenvalue weighted by atomic mass is 79.9. The number of hydrogen-bond acceptors (Lipinski definition) is 3. The van der Waals surface area contributed by atoms with E-state index in [0.29, 0.717) is 22.3 Å². The molecule has 1 aromatic carbocycles. The van der Waals surface area contributed by atoms with Crippen molar-refractivity contribution >= 4 is 21.8 Å². The zero-order chi connectivity index (χ0) is 13.8. The number of pyridine rings is 1. The number of carbonyl (C=O) groups excluding carboxylic acids is 1. The third kappa shape index (κ3) is 3.12. The number of aromatic nitrogens is 1. The maximum absolute atomic E-state index is 12.2. The molecule has 0 aliphatic rings. The average molecular weight is 321 g/mol. The van der Waals surface area contributed by atoms with Crippen molar-refractivity contribution in [2.45, 2.75) is 6.54 Å². The molecule has 2 aromatic rings. The lowest BCUT2D eigenvalue weighted by atomic mass is 10.2. The van der Waals surface area contributed by atoms with Crippen molar-refractivity contribution in [2.24, 2.45) is 0 Å². The first-order chi connectivity index (χ1) is 9.09. The normalized spacial score (nSPS) is 10.2. The fraction of sp³-hybridized carbons (Fsp3) is 0.143. The summed E-state index contributed by atoms with van der Waals surface area (Å²) >= 11 is 3.31. The smallest absolute Gasteiger partial charge is 0.273 e. The Balaban J connectivity index is 2.17. The number of halogens is 1. The van der Waals surface area contributed by atoms with Crippen LogP contribution < -0.4 is 0 Å². The summed E-state index contributed by atoms with van der Waals surface area (Å²) in [5, 5.41) is 9.70. The van der Waals surface area contributed by atoms with Gasteiger partial charge in [-0.25, -0.2) is 4.98 Å². The van der Waals surface area contributed by atoms with E-state index >= 15 is 0 Å². The highest BCUT2D eigenvalue weighted by Crippen LogP contribution is 2.19. The number of aromatic hydroxyl groups is 1. The molecule has 98 valence electrons. The Morgan fingerprint density at radius 3 is 2.74 bits per heavy atom. The number of benzene rings is 1. The standard InChI is InChI=1S/C14H13BrN2O2/c1-17(9-10-5-2-3-7-12(10)18)14(19)13-11(15)6-4-8-16-13/h2-8,18H,9H2,1H3. The van der Waals surface area contributed by atoms with Gasteiger partial charge in [-0.15, -0.1) is 0 Å². The van der Waals surface area contributed by atoms with Crippen molar-refractivity contribution in [1.29, 1.82) is 0 Å². The van der Waals surface area contributed by atoms with Crippen molar-refractivity contribution in [1.82, 2.24) is 9.88 Å². The first kappa shape index (κ1) is 13.5. The molecule has 0 radical (unpaired) electrons. The van der Waals surface area contributed by atoms with Crippen molar-refractivity contribution in [3.63, 3.8) is 0 Å². The second kappa shape index (κ2) is 5.84. The average Bonchev–Trinajstić information content (AvgIpc) is 2.41. The predicted octanol–water partition coefficient (Wildman–Crippen LogP) is 2.82. The quantitative estimate of drug-likeness (QED) is 0.946. The molecule has 0 saturated heterocycles. The van der Waals surface area contributed by atoms with Gasteiger partial charge in [0.1, 0.15) is 11.4 Å². The molecular weight excluding hydrogens is 308 g/mol. The molecule has 0 atom stereocenters. The summed E-state index contributed by atoms with van der Waals surface area (Å²) in [6.45, 7) is 0.328. The molecule has 19 heavy (non-hydrogen) atoms. The third-order valence-corrected chi connectivity index (χ3v) is 3.35. The van der Waals surface area contributed by atoms with Gasteiger partial charge in [-0.1, -0.05) is 18.2 Å². The van der Waals surface area contributed by atoms with Gasteiger partial charge in [0.2, 0.25) is 0 Å². The Hall–Kier alpha value is -1.88. The summed E-state index contributed by atoms with van der Waals surface area (Å²) in [6, 6.07) is 10.5. The molecule has 0 fully saturated rings. The number of nitrogens with zero attached hydrogens (tertiary/aromatic N) is 2. The topological polar surface area (TPSA) is 53.4 Å². The monoisotopic (exact) mass is 320 g/mol. The molecule has 1 aromatic heterocycles. The zero-order valence-electron chi connectivity index (χ0n) is 10.4. The minimum absolute atomic E-state index is 0.183. The van der Waals surface area contributed by atoms with Gasteiger partial charge < -0.3 is 10.0 Å². The van der Waals surface area contributed by atoms with Crippen LogP contribution >= 0.6 is 15.9 Å². The Bertz CT molecular complexity index is 602. The van der Waals surface area contributed by atoms with Gasteiger partial charge in [-0.2, -0.15) is 0 Å². The molecule has 0 unspecified atom stereocenters. The number of amides is 1. The van der Waals surface area contributed by atoms with Gasteiger partial charge in [0, 0.05) is 29.8 Å². The van der Waals surface area contributed by atoms with Crippen LogP contribution in [0.25, 0.3) is 0 Å². The maximum atomic E-state index is 12.2. The number of hydrogen-bond donors (Lipinski definition) is 1. The highest BCUT2D eigenvalue weighted by molar-refractivity contribution is 9.10. The summed E-state index contributed by atoms with van der Waals surface area (Å²) in [5.41, 5.74) is 1.06. The molecule has 1 N–H and O–H groups in total. The van der Waals surface area contributed by atoms with Crippen LogP contribution in [0.15, 0.2) is 47.1 Å². The SMILES string of the molecule is CN(Cc1ccccc1O)C(=O)c1ncccc1Br. The first-order valence-electron chi connectivity index (χ1n) is 5.72. The molecule has 0 spiro atoms. The van der Waals surface area contributed by atoms with Crippen LogP contribution in [0.3, 0.4) is 0 Å². The second-order valence-electron chi connectivity index (χ2n) is 4.12. The van der Waals surface area contributed by atoms with Gasteiger partial charge in [0.25, 0.3) is 5.91 Å². The van der Waals surface area contributed by atoms with Crippen LogP contribution in [0.4, 0.5) is 0 Å². The van der Waals surface area contributed by atoms with Crippen LogP contribution in [-0.4, -0.2) is 27.9 Å².